The van der Waals surface area contributed by atoms with E-state index in [-0.39, 0.29) is 30.7 Å². The summed E-state index contributed by atoms with van der Waals surface area (Å²) in [5.74, 6) is 0.0707. The van der Waals surface area contributed by atoms with Crippen molar-refractivity contribution < 1.29 is 9.53 Å². The number of halogens is 2. The van der Waals surface area contributed by atoms with Crippen molar-refractivity contribution in [3.05, 3.63) is 29.8 Å². The summed E-state index contributed by atoms with van der Waals surface area (Å²) in [6, 6.07) is 8.02. The molecule has 1 amide bonds. The van der Waals surface area contributed by atoms with Gasteiger partial charge in [-0.1, -0.05) is 12.1 Å². The van der Waals surface area contributed by atoms with Gasteiger partial charge in [-0.25, -0.2) is 0 Å². The van der Waals surface area contributed by atoms with Crippen molar-refractivity contribution in [2.24, 2.45) is 0 Å². The molecule has 1 heterocycles. The van der Waals surface area contributed by atoms with E-state index in [4.69, 9.17) is 10.5 Å². The highest BCUT2D eigenvalue weighted by atomic mass is 35.5. The average Bonchev–Trinajstić information content (AvgIpc) is 2.50. The van der Waals surface area contributed by atoms with Gasteiger partial charge in [-0.05, 0) is 17.7 Å². The molecule has 1 saturated heterocycles. The molecule has 6 nitrogen and oxygen atoms in total. The van der Waals surface area contributed by atoms with Gasteiger partial charge in [-0.15, -0.1) is 24.8 Å². The molecule has 2 rings (SSSR count). The lowest BCUT2D eigenvalue weighted by atomic mass is 10.2. The van der Waals surface area contributed by atoms with Crippen molar-refractivity contribution >= 4 is 36.4 Å². The third-order valence-electron chi connectivity index (χ3n) is 3.82. The molecule has 1 aliphatic rings. The largest absolute Gasteiger partial charge is 0.399 e. The normalized spacial score (nSPS) is 15.2. The molecule has 8 heteroatoms. The number of nitrogen functional groups attached to an aromatic ring is 1. The van der Waals surface area contributed by atoms with Crippen LogP contribution >= 0.6 is 24.8 Å². The third-order valence-corrected chi connectivity index (χ3v) is 3.82. The zero-order chi connectivity index (χ0) is 15.8. The van der Waals surface area contributed by atoms with Gasteiger partial charge in [-0.3, -0.25) is 14.6 Å². The Morgan fingerprint density at radius 2 is 1.88 bits per heavy atom. The SMILES string of the molecule is COCCNC(=O)CN1CCN(Cc2cccc(N)c2)CC1.Cl.Cl. The van der Waals surface area contributed by atoms with Gasteiger partial charge in [0.15, 0.2) is 0 Å². The Balaban J connectivity index is 0.00000264. The summed E-state index contributed by atoms with van der Waals surface area (Å²) >= 11 is 0. The molecule has 1 aliphatic heterocycles. The maximum absolute atomic E-state index is 11.8. The zero-order valence-electron chi connectivity index (χ0n) is 14.1. The fourth-order valence-corrected chi connectivity index (χ4v) is 2.61. The second kappa shape index (κ2) is 12.3. The average molecular weight is 379 g/mol. The summed E-state index contributed by atoms with van der Waals surface area (Å²) in [5.41, 5.74) is 7.86. The van der Waals surface area contributed by atoms with Crippen molar-refractivity contribution in [3.8, 4) is 0 Å². The number of nitrogens with one attached hydrogen (secondary N) is 1. The first-order valence-electron chi connectivity index (χ1n) is 7.72. The minimum atomic E-state index is 0. The van der Waals surface area contributed by atoms with E-state index >= 15 is 0 Å². The van der Waals surface area contributed by atoms with Gasteiger partial charge >= 0.3 is 0 Å². The van der Waals surface area contributed by atoms with E-state index in [0.717, 1.165) is 38.4 Å². The number of methoxy groups -OCH3 is 1. The number of anilines is 1. The lowest BCUT2D eigenvalue weighted by molar-refractivity contribution is -0.122. The first-order chi connectivity index (χ1) is 10.7. The van der Waals surface area contributed by atoms with Crippen LogP contribution in [0.3, 0.4) is 0 Å². The van der Waals surface area contributed by atoms with Crippen molar-refractivity contribution in [1.29, 1.82) is 0 Å². The van der Waals surface area contributed by atoms with Crippen LogP contribution in [0.15, 0.2) is 24.3 Å². The second-order valence-corrected chi connectivity index (χ2v) is 5.64. The van der Waals surface area contributed by atoms with E-state index < -0.39 is 0 Å². The summed E-state index contributed by atoms with van der Waals surface area (Å²) in [4.78, 5) is 16.3. The molecule has 0 radical (unpaired) electrons. The van der Waals surface area contributed by atoms with Crippen LogP contribution in [0.25, 0.3) is 0 Å². The van der Waals surface area contributed by atoms with Crippen molar-refractivity contribution in [2.75, 3.05) is 58.7 Å². The maximum Gasteiger partial charge on any atom is 0.234 e. The number of rotatable bonds is 7. The van der Waals surface area contributed by atoms with Crippen molar-refractivity contribution in [2.45, 2.75) is 6.54 Å². The van der Waals surface area contributed by atoms with Crippen molar-refractivity contribution in [3.63, 3.8) is 0 Å². The summed E-state index contributed by atoms with van der Waals surface area (Å²) in [5, 5.41) is 2.86. The monoisotopic (exact) mass is 378 g/mol. The summed E-state index contributed by atoms with van der Waals surface area (Å²) in [6.07, 6.45) is 0. The molecule has 0 saturated carbocycles. The fourth-order valence-electron chi connectivity index (χ4n) is 2.61. The number of ether oxygens (including phenoxy) is 1. The number of benzene rings is 1. The minimum Gasteiger partial charge on any atom is -0.399 e. The molecule has 1 fully saturated rings. The highest BCUT2D eigenvalue weighted by Crippen LogP contribution is 2.11. The summed E-state index contributed by atoms with van der Waals surface area (Å²) in [6.45, 7) is 6.29. The van der Waals surface area contributed by atoms with Gasteiger partial charge in [0.05, 0.1) is 13.2 Å². The minimum absolute atomic E-state index is 0. The predicted octanol–water partition coefficient (Wildman–Crippen LogP) is 0.993. The standard InChI is InChI=1S/C16H26N4O2.2ClH/c1-22-10-5-18-16(21)13-20-8-6-19(7-9-20)12-14-3-2-4-15(17)11-14;;/h2-4,11H,5-10,12-13,17H2,1H3,(H,18,21);2*1H. The first-order valence-corrected chi connectivity index (χ1v) is 7.72. The first kappa shape index (κ1) is 22.9. The number of carbonyl (C=O) groups is 1. The van der Waals surface area contributed by atoms with Crippen LogP contribution in [-0.2, 0) is 16.1 Å². The van der Waals surface area contributed by atoms with Gasteiger partial charge in [0.25, 0.3) is 0 Å². The van der Waals surface area contributed by atoms with Crippen LogP contribution in [0.1, 0.15) is 5.56 Å². The molecule has 0 bridgehead atoms. The topological polar surface area (TPSA) is 70.8 Å². The lowest BCUT2D eigenvalue weighted by Crippen LogP contribution is -2.49. The quantitative estimate of drug-likeness (QED) is 0.546. The van der Waals surface area contributed by atoms with Crippen LogP contribution in [0.5, 0.6) is 0 Å². The van der Waals surface area contributed by atoms with Crippen LogP contribution in [0.4, 0.5) is 5.69 Å². The van der Waals surface area contributed by atoms with Gasteiger partial charge in [0.2, 0.25) is 5.91 Å². The van der Waals surface area contributed by atoms with Gasteiger partial charge in [0, 0.05) is 52.1 Å². The molecule has 24 heavy (non-hydrogen) atoms. The molecule has 1 aromatic rings. The number of nitrogens with zero attached hydrogens (tertiary/aromatic N) is 2. The second-order valence-electron chi connectivity index (χ2n) is 5.64. The third kappa shape index (κ3) is 8.17. The predicted molar refractivity (Wildman–Crippen MR) is 102 cm³/mol. The van der Waals surface area contributed by atoms with Crippen molar-refractivity contribution in [1.82, 2.24) is 15.1 Å². The molecule has 0 aliphatic carbocycles. The number of amides is 1. The molecule has 0 aromatic heterocycles. The van der Waals surface area contributed by atoms with Gasteiger partial charge in [0.1, 0.15) is 0 Å². The Labute approximate surface area is 156 Å². The summed E-state index contributed by atoms with van der Waals surface area (Å²) in [7, 11) is 1.63. The maximum atomic E-state index is 11.8. The van der Waals surface area contributed by atoms with Gasteiger partial charge < -0.3 is 15.8 Å². The molecular formula is C16H28Cl2N4O2. The van der Waals surface area contributed by atoms with Crippen LogP contribution in [0, 0.1) is 0 Å². The van der Waals surface area contributed by atoms with Gasteiger partial charge in [-0.2, -0.15) is 0 Å². The van der Waals surface area contributed by atoms with E-state index in [9.17, 15) is 4.79 Å². The lowest BCUT2D eigenvalue weighted by Gasteiger charge is -2.34. The molecule has 0 spiro atoms. The van der Waals surface area contributed by atoms with Crippen LogP contribution < -0.4 is 11.1 Å². The molecule has 138 valence electrons. The Morgan fingerprint density at radius 3 is 2.50 bits per heavy atom. The molecule has 0 atom stereocenters. The van der Waals surface area contributed by atoms with E-state index in [1.807, 2.05) is 18.2 Å². The van der Waals surface area contributed by atoms with Crippen LogP contribution in [-0.4, -0.2) is 68.7 Å². The Morgan fingerprint density at radius 1 is 1.21 bits per heavy atom. The van der Waals surface area contributed by atoms with E-state index in [0.29, 0.717) is 19.7 Å². The smallest absolute Gasteiger partial charge is 0.234 e. The molecule has 3 N–H and O–H groups in total. The number of piperazine rings is 1. The molecule has 0 unspecified atom stereocenters. The zero-order valence-corrected chi connectivity index (χ0v) is 15.7. The number of hydrogen-bond acceptors (Lipinski definition) is 5. The number of nitrogens with two attached hydrogens (primary N) is 1. The Bertz CT molecular complexity index is 483. The number of carbonyl (C=O) groups excluding carboxylic acids is 1. The molecule has 1 aromatic carbocycles. The highest BCUT2D eigenvalue weighted by Gasteiger charge is 2.18. The molecular weight excluding hydrogens is 351 g/mol. The van der Waals surface area contributed by atoms with E-state index in [1.54, 1.807) is 7.11 Å². The van der Waals surface area contributed by atoms with Crippen LogP contribution in [0.2, 0.25) is 0 Å². The summed E-state index contributed by atoms with van der Waals surface area (Å²) < 4.78 is 4.92. The Kier molecular flexibility index (Phi) is 11.8. The Hall–Kier alpha value is -1.05. The number of hydrogen-bond donors (Lipinski definition) is 2. The highest BCUT2D eigenvalue weighted by molar-refractivity contribution is 5.85. The van der Waals surface area contributed by atoms with E-state index in [1.165, 1.54) is 5.56 Å². The fraction of sp³-hybridized carbons (Fsp3) is 0.562. The van der Waals surface area contributed by atoms with E-state index in [2.05, 4.69) is 21.2 Å².